The van der Waals surface area contributed by atoms with Gasteiger partial charge in [-0.3, -0.25) is 4.79 Å². The predicted molar refractivity (Wildman–Crippen MR) is 112 cm³/mol. The van der Waals surface area contributed by atoms with Crippen molar-refractivity contribution in [2.24, 2.45) is 0 Å². The molecule has 8 heteroatoms. The minimum Gasteiger partial charge on any atom is -0.495 e. The smallest absolute Gasteiger partial charge is 0.407 e. The number of nitrogens with one attached hydrogen (secondary N) is 2. The van der Waals surface area contributed by atoms with Gasteiger partial charge in [0, 0.05) is 12.1 Å². The first-order valence-corrected chi connectivity index (χ1v) is 9.26. The number of ether oxygens (including phenoxy) is 3. The quantitative estimate of drug-likeness (QED) is 0.698. The maximum absolute atomic E-state index is 12.6. The molecule has 2 rings (SSSR count). The number of carbonyl (C=O) groups excluding carboxylic acids is 3. The van der Waals surface area contributed by atoms with Crippen LogP contribution in [0.15, 0.2) is 42.5 Å². The second-order valence-electron chi connectivity index (χ2n) is 7.41. The molecule has 0 radical (unpaired) electrons. The molecule has 0 unspecified atom stereocenters. The highest BCUT2D eigenvalue weighted by molar-refractivity contribution is 6.05. The van der Waals surface area contributed by atoms with Crippen LogP contribution in [0.1, 0.15) is 47.1 Å². The maximum atomic E-state index is 12.6. The lowest BCUT2D eigenvalue weighted by Gasteiger charge is -2.19. The van der Waals surface area contributed by atoms with E-state index in [1.807, 2.05) is 0 Å². The normalized spacial score (nSPS) is 10.7. The molecular weight excluding hydrogens is 388 g/mol. The van der Waals surface area contributed by atoms with E-state index >= 15 is 0 Å². The Bertz CT molecular complexity index is 916. The number of amides is 2. The van der Waals surface area contributed by atoms with Gasteiger partial charge in [-0.2, -0.15) is 0 Å². The fourth-order valence-electron chi connectivity index (χ4n) is 2.51. The molecule has 2 aromatic rings. The predicted octanol–water partition coefficient (Wildman–Crippen LogP) is 3.76. The lowest BCUT2D eigenvalue weighted by molar-refractivity contribution is 0.0522. The first-order chi connectivity index (χ1) is 14.1. The van der Waals surface area contributed by atoms with Gasteiger partial charge in [-0.05, 0) is 56.7 Å². The minimum absolute atomic E-state index is 0.270. The Kier molecular flexibility index (Phi) is 7.41. The number of methoxy groups -OCH3 is 2. The molecule has 160 valence electrons. The van der Waals surface area contributed by atoms with Crippen molar-refractivity contribution in [3.8, 4) is 5.75 Å². The molecule has 0 aromatic heterocycles. The molecule has 2 aromatic carbocycles. The number of anilines is 1. The van der Waals surface area contributed by atoms with E-state index in [4.69, 9.17) is 14.2 Å². The zero-order valence-corrected chi connectivity index (χ0v) is 17.7. The van der Waals surface area contributed by atoms with Crippen LogP contribution in [-0.2, 0) is 16.0 Å². The Hall–Kier alpha value is -3.55. The molecule has 0 aliphatic rings. The summed E-state index contributed by atoms with van der Waals surface area (Å²) in [6, 6.07) is 11.3. The highest BCUT2D eigenvalue weighted by Gasteiger charge is 2.16. The summed E-state index contributed by atoms with van der Waals surface area (Å²) in [5.41, 5.74) is 1.28. The molecule has 0 aliphatic heterocycles. The molecule has 0 bridgehead atoms. The molecule has 8 nitrogen and oxygen atoms in total. The van der Waals surface area contributed by atoms with Gasteiger partial charge in [-0.25, -0.2) is 9.59 Å². The van der Waals surface area contributed by atoms with Crippen molar-refractivity contribution in [3.63, 3.8) is 0 Å². The van der Waals surface area contributed by atoms with Crippen molar-refractivity contribution in [2.45, 2.75) is 32.9 Å². The summed E-state index contributed by atoms with van der Waals surface area (Å²) in [5, 5.41) is 5.39. The van der Waals surface area contributed by atoms with Gasteiger partial charge in [0.1, 0.15) is 11.4 Å². The van der Waals surface area contributed by atoms with Gasteiger partial charge < -0.3 is 24.8 Å². The monoisotopic (exact) mass is 414 g/mol. The van der Waals surface area contributed by atoms with Crippen molar-refractivity contribution in [1.29, 1.82) is 0 Å². The van der Waals surface area contributed by atoms with Crippen LogP contribution < -0.4 is 15.4 Å². The zero-order chi connectivity index (χ0) is 22.3. The molecule has 0 atom stereocenters. The summed E-state index contributed by atoms with van der Waals surface area (Å²) in [6.07, 6.45) is -0.512. The Balaban J connectivity index is 2.04. The van der Waals surface area contributed by atoms with Gasteiger partial charge in [-0.1, -0.05) is 12.1 Å². The van der Waals surface area contributed by atoms with E-state index in [-0.39, 0.29) is 18.0 Å². The average Bonchev–Trinajstić information content (AvgIpc) is 2.70. The second kappa shape index (κ2) is 9.78. The molecule has 0 fully saturated rings. The zero-order valence-electron chi connectivity index (χ0n) is 17.7. The van der Waals surface area contributed by atoms with Crippen molar-refractivity contribution >= 4 is 23.7 Å². The number of rotatable bonds is 6. The minimum atomic E-state index is -0.571. The van der Waals surface area contributed by atoms with Gasteiger partial charge in [0.2, 0.25) is 0 Å². The Morgan fingerprint density at radius 1 is 0.933 bits per heavy atom. The van der Waals surface area contributed by atoms with Crippen LogP contribution in [0.2, 0.25) is 0 Å². The van der Waals surface area contributed by atoms with Gasteiger partial charge in [0.15, 0.2) is 0 Å². The van der Waals surface area contributed by atoms with Crippen LogP contribution in [-0.4, -0.2) is 37.8 Å². The van der Waals surface area contributed by atoms with E-state index in [2.05, 4.69) is 10.6 Å². The molecular formula is C22H26N2O6. The third kappa shape index (κ3) is 6.51. The van der Waals surface area contributed by atoms with Crippen LogP contribution >= 0.6 is 0 Å². The second-order valence-corrected chi connectivity index (χ2v) is 7.41. The maximum Gasteiger partial charge on any atom is 0.407 e. The van der Waals surface area contributed by atoms with Crippen LogP contribution in [0.25, 0.3) is 0 Å². The van der Waals surface area contributed by atoms with Crippen molar-refractivity contribution < 1.29 is 28.6 Å². The summed E-state index contributed by atoms with van der Waals surface area (Å²) < 4.78 is 15.1. The van der Waals surface area contributed by atoms with Crippen LogP contribution in [0.4, 0.5) is 10.5 Å². The first kappa shape index (κ1) is 22.7. The number of hydrogen-bond acceptors (Lipinski definition) is 6. The molecule has 0 spiro atoms. The lowest BCUT2D eigenvalue weighted by Crippen LogP contribution is -2.32. The van der Waals surface area contributed by atoms with Crippen LogP contribution in [0, 0.1) is 0 Å². The number of esters is 1. The first-order valence-electron chi connectivity index (χ1n) is 9.26. The van der Waals surface area contributed by atoms with E-state index in [9.17, 15) is 14.4 Å². The van der Waals surface area contributed by atoms with Gasteiger partial charge >= 0.3 is 12.1 Å². The molecule has 0 saturated heterocycles. The summed E-state index contributed by atoms with van der Waals surface area (Å²) in [6.45, 7) is 5.63. The summed E-state index contributed by atoms with van der Waals surface area (Å²) in [4.78, 5) is 36.1. The van der Waals surface area contributed by atoms with Gasteiger partial charge in [0.05, 0.1) is 25.5 Å². The standard InChI is InChI=1S/C22H26N2O6/c1-22(2,3)30-21(27)23-13-14-6-8-15(9-7-14)19(25)24-17-12-16(20(26)29-5)10-11-18(17)28-4/h6-12H,13H2,1-5H3,(H,23,27)(H,24,25). The van der Waals surface area contributed by atoms with Crippen molar-refractivity contribution in [2.75, 3.05) is 19.5 Å². The molecule has 30 heavy (non-hydrogen) atoms. The number of carbonyl (C=O) groups is 3. The number of alkyl carbamates (subject to hydrolysis) is 1. The topological polar surface area (TPSA) is 103 Å². The van der Waals surface area contributed by atoms with E-state index in [1.54, 1.807) is 57.2 Å². The fraction of sp³-hybridized carbons (Fsp3) is 0.318. The van der Waals surface area contributed by atoms with E-state index in [0.717, 1.165) is 5.56 Å². The Labute approximate surface area is 175 Å². The SMILES string of the molecule is COC(=O)c1ccc(OC)c(NC(=O)c2ccc(CNC(=O)OC(C)(C)C)cc2)c1. The number of benzene rings is 2. The fourth-order valence-corrected chi connectivity index (χ4v) is 2.51. The molecule has 2 amide bonds. The third-order valence-electron chi connectivity index (χ3n) is 3.92. The highest BCUT2D eigenvalue weighted by Crippen LogP contribution is 2.26. The third-order valence-corrected chi connectivity index (χ3v) is 3.92. The highest BCUT2D eigenvalue weighted by atomic mass is 16.6. The molecule has 0 saturated carbocycles. The largest absolute Gasteiger partial charge is 0.495 e. The van der Waals surface area contributed by atoms with E-state index in [0.29, 0.717) is 17.0 Å². The van der Waals surface area contributed by atoms with E-state index in [1.165, 1.54) is 20.3 Å². The van der Waals surface area contributed by atoms with Gasteiger partial charge in [0.25, 0.3) is 5.91 Å². The molecule has 0 heterocycles. The van der Waals surface area contributed by atoms with Crippen molar-refractivity contribution in [1.82, 2.24) is 5.32 Å². The van der Waals surface area contributed by atoms with Crippen LogP contribution in [0.3, 0.4) is 0 Å². The summed E-state index contributed by atoms with van der Waals surface area (Å²) in [7, 11) is 2.75. The van der Waals surface area contributed by atoms with Crippen molar-refractivity contribution in [3.05, 3.63) is 59.2 Å². The Morgan fingerprint density at radius 3 is 2.13 bits per heavy atom. The Morgan fingerprint density at radius 2 is 1.57 bits per heavy atom. The molecule has 2 N–H and O–H groups in total. The lowest BCUT2D eigenvalue weighted by atomic mass is 10.1. The average molecular weight is 414 g/mol. The summed E-state index contributed by atoms with van der Waals surface area (Å²) >= 11 is 0. The summed E-state index contributed by atoms with van der Waals surface area (Å²) in [5.74, 6) is -0.480. The van der Waals surface area contributed by atoms with Gasteiger partial charge in [-0.15, -0.1) is 0 Å². The molecule has 0 aliphatic carbocycles. The number of hydrogen-bond donors (Lipinski definition) is 2. The van der Waals surface area contributed by atoms with E-state index < -0.39 is 17.7 Å². The van der Waals surface area contributed by atoms with Crippen LogP contribution in [0.5, 0.6) is 5.75 Å².